The van der Waals surface area contributed by atoms with E-state index in [0.29, 0.717) is 6.04 Å². The Morgan fingerprint density at radius 3 is 2.21 bits per heavy atom. The summed E-state index contributed by atoms with van der Waals surface area (Å²) in [5.74, 6) is 3.00. The number of hydrogen-bond acceptors (Lipinski definition) is 2. The van der Waals surface area contributed by atoms with Gasteiger partial charge in [-0.15, -0.1) is 0 Å². The Bertz CT molecular complexity index is 123. The van der Waals surface area contributed by atoms with Gasteiger partial charge >= 0.3 is 0 Å². The molecule has 0 aliphatic rings. The minimum absolute atomic E-state index is 0.624. The molecule has 2 heteroatoms. The third-order valence-corrected chi connectivity index (χ3v) is 2.99. The van der Waals surface area contributed by atoms with E-state index in [1.165, 1.54) is 25.1 Å². The molecule has 1 atom stereocenters. The first-order chi connectivity index (χ1) is 6.56. The van der Waals surface area contributed by atoms with Crippen LogP contribution in [0, 0.1) is 11.8 Å². The molecule has 0 aliphatic heterocycles. The van der Waals surface area contributed by atoms with E-state index in [9.17, 15) is 0 Å². The average molecular weight is 217 g/mol. The lowest BCUT2D eigenvalue weighted by Gasteiger charge is -2.20. The molecule has 0 radical (unpaired) electrons. The third kappa shape index (κ3) is 8.89. The largest absolute Gasteiger partial charge is 0.314 e. The van der Waals surface area contributed by atoms with Gasteiger partial charge in [0.1, 0.15) is 0 Å². The van der Waals surface area contributed by atoms with Gasteiger partial charge in [0.05, 0.1) is 0 Å². The molecule has 1 unspecified atom stereocenters. The summed E-state index contributed by atoms with van der Waals surface area (Å²) in [6.07, 6.45) is 4.92. The summed E-state index contributed by atoms with van der Waals surface area (Å²) >= 11 is 1.96. The van der Waals surface area contributed by atoms with Crippen LogP contribution < -0.4 is 5.32 Å². The summed E-state index contributed by atoms with van der Waals surface area (Å²) < 4.78 is 0. The number of hydrogen-bond donors (Lipinski definition) is 1. The Kier molecular flexibility index (Phi) is 8.80. The summed E-state index contributed by atoms with van der Waals surface area (Å²) in [5, 5.41) is 3.55. The lowest BCUT2D eigenvalue weighted by atomic mass is 9.94. The fraction of sp³-hybridized carbons (Fsp3) is 1.00. The summed E-state index contributed by atoms with van der Waals surface area (Å²) in [4.78, 5) is 0. The molecule has 0 amide bonds. The minimum Gasteiger partial charge on any atom is -0.314 e. The summed E-state index contributed by atoms with van der Waals surface area (Å²) in [6.45, 7) is 10.3. The number of rotatable bonds is 8. The molecule has 0 aromatic heterocycles. The molecule has 86 valence electrons. The van der Waals surface area contributed by atoms with Crippen LogP contribution in [-0.4, -0.2) is 24.6 Å². The van der Waals surface area contributed by atoms with Crippen molar-refractivity contribution in [2.45, 2.75) is 46.6 Å². The molecule has 0 fully saturated rings. The van der Waals surface area contributed by atoms with Crippen LogP contribution in [0.15, 0.2) is 0 Å². The molecule has 1 nitrogen and oxygen atoms in total. The fourth-order valence-electron chi connectivity index (χ4n) is 1.66. The van der Waals surface area contributed by atoms with Crippen LogP contribution in [0.2, 0.25) is 0 Å². The van der Waals surface area contributed by atoms with Crippen molar-refractivity contribution in [3.8, 4) is 0 Å². The van der Waals surface area contributed by atoms with Gasteiger partial charge in [-0.25, -0.2) is 0 Å². The van der Waals surface area contributed by atoms with Gasteiger partial charge in [0.25, 0.3) is 0 Å². The second kappa shape index (κ2) is 8.60. The maximum absolute atomic E-state index is 3.55. The van der Waals surface area contributed by atoms with Crippen LogP contribution in [0.5, 0.6) is 0 Å². The zero-order chi connectivity index (χ0) is 11.0. The molecule has 0 aliphatic carbocycles. The zero-order valence-electron chi connectivity index (χ0n) is 10.5. The van der Waals surface area contributed by atoms with Gasteiger partial charge in [-0.05, 0) is 43.2 Å². The normalized spacial score (nSPS) is 13.9. The van der Waals surface area contributed by atoms with Gasteiger partial charge in [0.15, 0.2) is 0 Å². The molecule has 14 heavy (non-hydrogen) atoms. The van der Waals surface area contributed by atoms with Crippen molar-refractivity contribution in [2.24, 2.45) is 11.8 Å². The molecular formula is C12H27NS. The van der Waals surface area contributed by atoms with Crippen LogP contribution in [-0.2, 0) is 0 Å². The van der Waals surface area contributed by atoms with Gasteiger partial charge in [-0.2, -0.15) is 11.8 Å². The van der Waals surface area contributed by atoms with Gasteiger partial charge < -0.3 is 5.32 Å². The third-order valence-electron chi connectivity index (χ3n) is 2.35. The molecule has 1 N–H and O–H groups in total. The first-order valence-electron chi connectivity index (χ1n) is 5.78. The number of nitrogens with one attached hydrogen (secondary N) is 1. The molecule has 0 saturated carbocycles. The van der Waals surface area contributed by atoms with E-state index < -0.39 is 0 Å². The van der Waals surface area contributed by atoms with Crippen LogP contribution in [0.25, 0.3) is 0 Å². The molecule has 0 bridgehead atoms. The molecule has 0 spiro atoms. The van der Waals surface area contributed by atoms with Gasteiger partial charge in [0, 0.05) is 6.04 Å². The smallest absolute Gasteiger partial charge is 0.00104 e. The Labute approximate surface area is 94.4 Å². The van der Waals surface area contributed by atoms with Crippen molar-refractivity contribution in [3.63, 3.8) is 0 Å². The van der Waals surface area contributed by atoms with E-state index in [0.717, 1.165) is 11.8 Å². The van der Waals surface area contributed by atoms with E-state index >= 15 is 0 Å². The van der Waals surface area contributed by atoms with Crippen molar-refractivity contribution < 1.29 is 0 Å². The summed E-state index contributed by atoms with van der Waals surface area (Å²) in [7, 11) is 0. The monoisotopic (exact) mass is 217 g/mol. The van der Waals surface area contributed by atoms with Crippen molar-refractivity contribution in [3.05, 3.63) is 0 Å². The van der Waals surface area contributed by atoms with Gasteiger partial charge in [-0.3, -0.25) is 0 Å². The van der Waals surface area contributed by atoms with E-state index in [-0.39, 0.29) is 0 Å². The lowest BCUT2D eigenvalue weighted by Crippen LogP contribution is -2.29. The molecule has 0 rings (SSSR count). The zero-order valence-corrected chi connectivity index (χ0v) is 11.3. The highest BCUT2D eigenvalue weighted by Crippen LogP contribution is 2.16. The predicted octanol–water partition coefficient (Wildman–Crippen LogP) is 3.40. The molecule has 0 aromatic carbocycles. The quantitative estimate of drug-likeness (QED) is 0.669. The van der Waals surface area contributed by atoms with Crippen molar-refractivity contribution >= 4 is 11.8 Å². The highest BCUT2D eigenvalue weighted by Gasteiger charge is 2.10. The molecule has 0 saturated heterocycles. The second-order valence-corrected chi connectivity index (χ2v) is 5.83. The van der Waals surface area contributed by atoms with E-state index in [4.69, 9.17) is 0 Å². The van der Waals surface area contributed by atoms with E-state index in [2.05, 4.69) is 39.3 Å². The lowest BCUT2D eigenvalue weighted by molar-refractivity contribution is 0.368. The van der Waals surface area contributed by atoms with Crippen LogP contribution in [0.3, 0.4) is 0 Å². The van der Waals surface area contributed by atoms with Crippen LogP contribution >= 0.6 is 11.8 Å². The van der Waals surface area contributed by atoms with Crippen LogP contribution in [0.1, 0.15) is 40.5 Å². The van der Waals surface area contributed by atoms with Crippen molar-refractivity contribution in [1.29, 1.82) is 0 Å². The fourth-order valence-corrected chi connectivity index (χ4v) is 2.23. The Balaban J connectivity index is 3.72. The second-order valence-electron chi connectivity index (χ2n) is 4.84. The topological polar surface area (TPSA) is 12.0 Å². The highest BCUT2D eigenvalue weighted by atomic mass is 32.2. The van der Waals surface area contributed by atoms with Gasteiger partial charge in [0.2, 0.25) is 0 Å². The molecule has 0 aromatic rings. The standard InChI is InChI=1S/C12H27NS/c1-10(2)8-12(6-7-14-5)9-13-11(3)4/h10-13H,6-9H2,1-5H3. The average Bonchev–Trinajstić information content (AvgIpc) is 2.09. The predicted molar refractivity (Wildman–Crippen MR) is 69.1 cm³/mol. The summed E-state index contributed by atoms with van der Waals surface area (Å²) in [6, 6.07) is 0.624. The Morgan fingerprint density at radius 2 is 1.79 bits per heavy atom. The SMILES string of the molecule is CSCCC(CNC(C)C)CC(C)C. The maximum Gasteiger partial charge on any atom is 0.00104 e. The number of thioether (sulfide) groups is 1. The molecule has 0 heterocycles. The first kappa shape index (κ1) is 14.3. The molecular weight excluding hydrogens is 190 g/mol. The maximum atomic E-state index is 3.55. The van der Waals surface area contributed by atoms with Crippen molar-refractivity contribution in [1.82, 2.24) is 5.32 Å². The van der Waals surface area contributed by atoms with E-state index in [1.54, 1.807) is 0 Å². The van der Waals surface area contributed by atoms with Crippen LogP contribution in [0.4, 0.5) is 0 Å². The highest BCUT2D eigenvalue weighted by molar-refractivity contribution is 7.98. The Hall–Kier alpha value is 0.310. The van der Waals surface area contributed by atoms with Gasteiger partial charge in [-0.1, -0.05) is 27.7 Å². The van der Waals surface area contributed by atoms with Crippen molar-refractivity contribution in [2.75, 3.05) is 18.6 Å². The Morgan fingerprint density at radius 1 is 1.14 bits per heavy atom. The first-order valence-corrected chi connectivity index (χ1v) is 7.18. The minimum atomic E-state index is 0.624. The van der Waals surface area contributed by atoms with E-state index in [1.807, 2.05) is 11.8 Å². The summed E-state index contributed by atoms with van der Waals surface area (Å²) in [5.41, 5.74) is 0.